The maximum absolute atomic E-state index is 12.7. The molecule has 0 atom stereocenters. The Hall–Kier alpha value is -1.39. The van der Waals surface area contributed by atoms with E-state index in [2.05, 4.69) is 49.6 Å². The number of nitrogens with one attached hydrogen (secondary N) is 2. The van der Waals surface area contributed by atoms with Crippen molar-refractivity contribution in [3.8, 4) is 0 Å². The van der Waals surface area contributed by atoms with Crippen LogP contribution in [-0.4, -0.2) is 38.3 Å². The summed E-state index contributed by atoms with van der Waals surface area (Å²) in [7, 11) is 1.64. The summed E-state index contributed by atoms with van der Waals surface area (Å²) in [5, 5.41) is 6.39. The number of ether oxygens (including phenoxy) is 1. The van der Waals surface area contributed by atoms with E-state index >= 15 is 0 Å². The lowest BCUT2D eigenvalue weighted by Gasteiger charge is -2.36. The molecule has 0 unspecified atom stereocenters. The van der Waals surface area contributed by atoms with Crippen molar-refractivity contribution in [1.82, 2.24) is 10.6 Å². The van der Waals surface area contributed by atoms with Gasteiger partial charge < -0.3 is 15.4 Å². The highest BCUT2D eigenvalue weighted by molar-refractivity contribution is 5.85. The van der Waals surface area contributed by atoms with E-state index in [1.54, 1.807) is 7.11 Å². The fraction of sp³-hybridized carbons (Fsp3) is 0.611. The number of methoxy groups -OCH3 is 1. The molecule has 1 aromatic rings. The molecule has 0 bridgehead atoms. The van der Waals surface area contributed by atoms with E-state index in [0.29, 0.717) is 6.54 Å². The molecule has 1 aliphatic heterocycles. The molecule has 1 saturated heterocycles. The van der Waals surface area contributed by atoms with Crippen molar-refractivity contribution in [2.24, 2.45) is 0 Å². The van der Waals surface area contributed by atoms with Crippen LogP contribution in [0.4, 0.5) is 0 Å². The van der Waals surface area contributed by atoms with Gasteiger partial charge in [-0.2, -0.15) is 0 Å². The lowest BCUT2D eigenvalue weighted by atomic mass is 9.81. The van der Waals surface area contributed by atoms with Crippen LogP contribution in [0.1, 0.15) is 37.8 Å². The summed E-state index contributed by atoms with van der Waals surface area (Å²) in [6.45, 7) is 8.69. The number of carbonyl (C=O) groups excluding carboxylic acids is 1. The summed E-state index contributed by atoms with van der Waals surface area (Å²) in [6.07, 6.45) is 1.44. The molecule has 1 fully saturated rings. The molecular weight excluding hydrogens is 276 g/mol. The number of aryl methyl sites for hydroxylation is 1. The van der Waals surface area contributed by atoms with E-state index in [1.807, 2.05) is 6.07 Å². The molecular formula is C18H28N2O2. The zero-order chi connectivity index (χ0) is 16.2. The highest BCUT2D eigenvalue weighted by Gasteiger charge is 2.40. The predicted molar refractivity (Wildman–Crippen MR) is 89.1 cm³/mol. The first-order valence-electron chi connectivity index (χ1n) is 8.02. The Morgan fingerprint density at radius 2 is 1.95 bits per heavy atom. The third-order valence-corrected chi connectivity index (χ3v) is 4.78. The molecule has 122 valence electrons. The number of carbonyl (C=O) groups is 1. The van der Waals surface area contributed by atoms with E-state index < -0.39 is 5.60 Å². The molecule has 0 aromatic heterocycles. The van der Waals surface area contributed by atoms with Crippen molar-refractivity contribution >= 4 is 5.91 Å². The monoisotopic (exact) mass is 304 g/mol. The van der Waals surface area contributed by atoms with Gasteiger partial charge in [-0.1, -0.05) is 38.1 Å². The predicted octanol–water partition coefficient (Wildman–Crippen LogP) is 2.16. The molecule has 1 aromatic carbocycles. The zero-order valence-electron chi connectivity index (χ0n) is 14.2. The van der Waals surface area contributed by atoms with Gasteiger partial charge in [-0.25, -0.2) is 0 Å². The third-order valence-electron chi connectivity index (χ3n) is 4.78. The first-order valence-corrected chi connectivity index (χ1v) is 8.02. The van der Waals surface area contributed by atoms with Gasteiger partial charge in [0.25, 0.3) is 5.91 Å². The number of hydrogen-bond acceptors (Lipinski definition) is 3. The van der Waals surface area contributed by atoms with Crippen molar-refractivity contribution in [3.05, 3.63) is 35.4 Å². The molecule has 0 aliphatic carbocycles. The van der Waals surface area contributed by atoms with Crippen LogP contribution in [0.5, 0.6) is 0 Å². The lowest BCUT2D eigenvalue weighted by Crippen LogP contribution is -2.55. The Kier molecular flexibility index (Phi) is 5.24. The van der Waals surface area contributed by atoms with E-state index in [9.17, 15) is 4.79 Å². The second-order valence-corrected chi connectivity index (χ2v) is 6.83. The van der Waals surface area contributed by atoms with E-state index in [4.69, 9.17) is 4.74 Å². The molecule has 1 amide bonds. The second-order valence-electron chi connectivity index (χ2n) is 6.83. The number of amides is 1. The van der Waals surface area contributed by atoms with Crippen LogP contribution in [0, 0.1) is 6.92 Å². The Bertz CT molecular complexity index is 520. The molecule has 4 nitrogen and oxygen atoms in total. The molecule has 2 rings (SSSR count). The van der Waals surface area contributed by atoms with E-state index in [0.717, 1.165) is 25.9 Å². The van der Waals surface area contributed by atoms with Gasteiger partial charge in [0.1, 0.15) is 5.60 Å². The fourth-order valence-corrected chi connectivity index (χ4v) is 3.24. The maximum atomic E-state index is 12.7. The molecule has 22 heavy (non-hydrogen) atoms. The Morgan fingerprint density at radius 3 is 2.55 bits per heavy atom. The molecule has 0 spiro atoms. The Labute approximate surface area is 133 Å². The minimum Gasteiger partial charge on any atom is -0.368 e. The summed E-state index contributed by atoms with van der Waals surface area (Å²) < 4.78 is 5.58. The van der Waals surface area contributed by atoms with Crippen molar-refractivity contribution in [2.75, 3.05) is 26.7 Å². The van der Waals surface area contributed by atoms with Gasteiger partial charge in [0, 0.05) is 19.1 Å². The molecule has 1 heterocycles. The van der Waals surface area contributed by atoms with Gasteiger partial charge in [0.05, 0.1) is 0 Å². The Morgan fingerprint density at radius 1 is 1.32 bits per heavy atom. The third kappa shape index (κ3) is 3.50. The number of hydrogen-bond donors (Lipinski definition) is 2. The summed E-state index contributed by atoms with van der Waals surface area (Å²) in [4.78, 5) is 12.7. The van der Waals surface area contributed by atoms with Crippen molar-refractivity contribution in [2.45, 2.75) is 44.6 Å². The normalized spacial score (nSPS) is 18.0. The minimum atomic E-state index is -0.674. The average Bonchev–Trinajstić information content (AvgIpc) is 2.53. The van der Waals surface area contributed by atoms with Gasteiger partial charge in [-0.3, -0.25) is 4.79 Å². The SMILES string of the molecule is COC1(C(=O)NCC(C)(C)c2ccccc2C)CCNCC1. The summed E-state index contributed by atoms with van der Waals surface area (Å²) >= 11 is 0. The number of piperidine rings is 1. The van der Waals surface area contributed by atoms with Crippen molar-refractivity contribution in [1.29, 1.82) is 0 Å². The van der Waals surface area contributed by atoms with Crippen LogP contribution < -0.4 is 10.6 Å². The first kappa shape index (κ1) is 17.0. The van der Waals surface area contributed by atoms with Crippen LogP contribution in [0.2, 0.25) is 0 Å². The molecule has 0 saturated carbocycles. The average molecular weight is 304 g/mol. The maximum Gasteiger partial charge on any atom is 0.252 e. The van der Waals surface area contributed by atoms with Gasteiger partial charge in [-0.05, 0) is 44.0 Å². The molecule has 0 radical (unpaired) electrons. The van der Waals surface area contributed by atoms with E-state index in [1.165, 1.54) is 11.1 Å². The molecule has 4 heteroatoms. The largest absolute Gasteiger partial charge is 0.368 e. The minimum absolute atomic E-state index is 0.0122. The topological polar surface area (TPSA) is 50.4 Å². The Balaban J connectivity index is 2.05. The molecule has 2 N–H and O–H groups in total. The number of benzene rings is 1. The number of rotatable bonds is 5. The highest BCUT2D eigenvalue weighted by Crippen LogP contribution is 2.27. The van der Waals surface area contributed by atoms with Crippen LogP contribution in [0.15, 0.2) is 24.3 Å². The fourth-order valence-electron chi connectivity index (χ4n) is 3.24. The zero-order valence-corrected chi connectivity index (χ0v) is 14.2. The van der Waals surface area contributed by atoms with E-state index in [-0.39, 0.29) is 11.3 Å². The van der Waals surface area contributed by atoms with Crippen LogP contribution >= 0.6 is 0 Å². The van der Waals surface area contributed by atoms with Gasteiger partial charge in [0.2, 0.25) is 0 Å². The van der Waals surface area contributed by atoms with Gasteiger partial charge in [-0.15, -0.1) is 0 Å². The smallest absolute Gasteiger partial charge is 0.252 e. The van der Waals surface area contributed by atoms with Gasteiger partial charge in [0.15, 0.2) is 0 Å². The molecule has 1 aliphatic rings. The first-order chi connectivity index (χ1) is 10.4. The van der Waals surface area contributed by atoms with Crippen LogP contribution in [0.25, 0.3) is 0 Å². The van der Waals surface area contributed by atoms with Crippen molar-refractivity contribution in [3.63, 3.8) is 0 Å². The lowest BCUT2D eigenvalue weighted by molar-refractivity contribution is -0.146. The summed E-state index contributed by atoms with van der Waals surface area (Å²) in [5.74, 6) is 0.0122. The second kappa shape index (κ2) is 6.80. The highest BCUT2D eigenvalue weighted by atomic mass is 16.5. The summed E-state index contributed by atoms with van der Waals surface area (Å²) in [6, 6.07) is 8.35. The van der Waals surface area contributed by atoms with Crippen LogP contribution in [0.3, 0.4) is 0 Å². The van der Waals surface area contributed by atoms with Crippen LogP contribution in [-0.2, 0) is 14.9 Å². The standard InChI is InChI=1S/C18H28N2O2/c1-14-7-5-6-8-15(14)17(2,3)13-20-16(21)18(22-4)9-11-19-12-10-18/h5-8,19H,9-13H2,1-4H3,(H,20,21). The van der Waals surface area contributed by atoms with Crippen molar-refractivity contribution < 1.29 is 9.53 Å². The van der Waals surface area contributed by atoms with Gasteiger partial charge >= 0.3 is 0 Å². The summed E-state index contributed by atoms with van der Waals surface area (Å²) in [5.41, 5.74) is 1.74. The quantitative estimate of drug-likeness (QED) is 0.876.